The van der Waals surface area contributed by atoms with Crippen molar-refractivity contribution in [1.29, 1.82) is 5.26 Å². The standard InChI is InChI=1S/C24H23F3N4O3/c1-3-33-21-14-31(10-9-20(21)34-17-6-4-5-15(11-17)24(25,26)27)19-12-22(32)30(2)18-8-7-16(13-28)29-23(18)19/h4-8,11-12,20-21H,3,9-10,14H2,1-2H3. The molecule has 0 radical (unpaired) electrons. The number of alkyl halides is 3. The third-order valence-corrected chi connectivity index (χ3v) is 5.85. The summed E-state index contributed by atoms with van der Waals surface area (Å²) >= 11 is 0. The highest BCUT2D eigenvalue weighted by atomic mass is 19.4. The quantitative estimate of drug-likeness (QED) is 0.561. The van der Waals surface area contributed by atoms with Gasteiger partial charge in [0.25, 0.3) is 5.56 Å². The van der Waals surface area contributed by atoms with Gasteiger partial charge in [-0.3, -0.25) is 4.79 Å². The molecule has 7 nitrogen and oxygen atoms in total. The predicted octanol–water partition coefficient (Wildman–Crippen LogP) is 3.89. The molecule has 2 atom stereocenters. The van der Waals surface area contributed by atoms with Crippen molar-refractivity contribution in [3.05, 3.63) is 64.1 Å². The zero-order valence-corrected chi connectivity index (χ0v) is 18.7. The van der Waals surface area contributed by atoms with Crippen LogP contribution in [0.1, 0.15) is 24.6 Å². The number of halogens is 3. The third-order valence-electron chi connectivity index (χ3n) is 5.85. The molecular weight excluding hydrogens is 449 g/mol. The number of ether oxygens (including phenoxy) is 2. The van der Waals surface area contributed by atoms with E-state index >= 15 is 0 Å². The van der Waals surface area contributed by atoms with Crippen molar-refractivity contribution < 1.29 is 22.6 Å². The Bertz CT molecular complexity index is 1300. The molecule has 2 aromatic heterocycles. The maximum absolute atomic E-state index is 13.1. The summed E-state index contributed by atoms with van der Waals surface area (Å²) in [6.07, 6.45) is -4.93. The minimum absolute atomic E-state index is 0.123. The highest BCUT2D eigenvalue weighted by Crippen LogP contribution is 2.33. The van der Waals surface area contributed by atoms with Crippen LogP contribution in [0.25, 0.3) is 11.0 Å². The molecule has 0 spiro atoms. The van der Waals surface area contributed by atoms with Gasteiger partial charge in [-0.05, 0) is 37.3 Å². The van der Waals surface area contributed by atoms with Gasteiger partial charge in [0.15, 0.2) is 0 Å². The van der Waals surface area contributed by atoms with Crippen LogP contribution in [-0.2, 0) is 18.0 Å². The SMILES string of the molecule is CCOC1CN(c2cc(=O)n(C)c3ccc(C#N)nc23)CCC1Oc1cccc(C(F)(F)F)c1. The van der Waals surface area contributed by atoms with Crippen molar-refractivity contribution in [3.8, 4) is 11.8 Å². The number of piperidine rings is 1. The van der Waals surface area contributed by atoms with Gasteiger partial charge < -0.3 is 18.9 Å². The molecule has 34 heavy (non-hydrogen) atoms. The molecule has 0 aliphatic carbocycles. The van der Waals surface area contributed by atoms with E-state index in [4.69, 9.17) is 9.47 Å². The lowest BCUT2D eigenvalue weighted by molar-refractivity contribution is -0.137. The third kappa shape index (κ3) is 4.70. The van der Waals surface area contributed by atoms with Crippen LogP contribution in [0.15, 0.2) is 47.3 Å². The Morgan fingerprint density at radius 1 is 1.21 bits per heavy atom. The number of nitriles is 1. The number of aryl methyl sites for hydroxylation is 1. The first-order valence-electron chi connectivity index (χ1n) is 10.8. The van der Waals surface area contributed by atoms with Crippen LogP contribution in [0.2, 0.25) is 0 Å². The smallest absolute Gasteiger partial charge is 0.416 e. The molecule has 1 fully saturated rings. The minimum Gasteiger partial charge on any atom is -0.488 e. The molecule has 178 valence electrons. The maximum Gasteiger partial charge on any atom is 0.416 e. The summed E-state index contributed by atoms with van der Waals surface area (Å²) in [6, 6.07) is 11.5. The summed E-state index contributed by atoms with van der Waals surface area (Å²) in [6.45, 7) is 3.02. The average Bonchev–Trinajstić information content (AvgIpc) is 2.82. The van der Waals surface area contributed by atoms with E-state index in [0.29, 0.717) is 42.8 Å². The Hall–Kier alpha value is -3.58. The molecule has 1 saturated heterocycles. The first-order valence-corrected chi connectivity index (χ1v) is 10.8. The zero-order chi connectivity index (χ0) is 24.5. The van der Waals surface area contributed by atoms with Gasteiger partial charge in [0.05, 0.1) is 16.8 Å². The lowest BCUT2D eigenvalue weighted by Gasteiger charge is -2.39. The fraction of sp³-hybridized carbons (Fsp3) is 0.375. The Morgan fingerprint density at radius 3 is 2.71 bits per heavy atom. The molecule has 0 saturated carbocycles. The molecule has 1 aromatic carbocycles. The van der Waals surface area contributed by atoms with Crippen LogP contribution in [0, 0.1) is 11.3 Å². The summed E-state index contributed by atoms with van der Waals surface area (Å²) in [5, 5.41) is 9.28. The molecule has 3 aromatic rings. The van der Waals surface area contributed by atoms with Crippen molar-refractivity contribution in [2.45, 2.75) is 31.7 Å². The fourth-order valence-electron chi connectivity index (χ4n) is 4.16. The number of hydrogen-bond acceptors (Lipinski definition) is 6. The number of fused-ring (bicyclic) bond motifs is 1. The second kappa shape index (κ2) is 9.35. The number of rotatable bonds is 5. The molecule has 0 amide bonds. The number of benzene rings is 1. The van der Waals surface area contributed by atoms with E-state index in [9.17, 15) is 23.2 Å². The predicted molar refractivity (Wildman–Crippen MR) is 120 cm³/mol. The molecule has 1 aliphatic heterocycles. The molecule has 0 bridgehead atoms. The summed E-state index contributed by atoms with van der Waals surface area (Å²) in [4.78, 5) is 18.9. The minimum atomic E-state index is -4.46. The number of pyridine rings is 2. The number of nitrogens with zero attached hydrogens (tertiary/aromatic N) is 4. The number of aromatic nitrogens is 2. The Morgan fingerprint density at radius 2 is 2.00 bits per heavy atom. The van der Waals surface area contributed by atoms with Crippen LogP contribution in [0.3, 0.4) is 0 Å². The summed E-state index contributed by atoms with van der Waals surface area (Å²) in [7, 11) is 1.64. The van der Waals surface area contributed by atoms with Crippen molar-refractivity contribution >= 4 is 16.7 Å². The Kier molecular flexibility index (Phi) is 6.48. The van der Waals surface area contributed by atoms with Gasteiger partial charge in [-0.15, -0.1) is 0 Å². The number of hydrogen-bond donors (Lipinski definition) is 0. The van der Waals surface area contributed by atoms with Gasteiger partial charge in [0.2, 0.25) is 0 Å². The second-order valence-corrected chi connectivity index (χ2v) is 8.01. The van der Waals surface area contributed by atoms with Crippen LogP contribution < -0.4 is 15.2 Å². The highest BCUT2D eigenvalue weighted by molar-refractivity contribution is 5.88. The molecule has 3 heterocycles. The molecule has 0 N–H and O–H groups in total. The van der Waals surface area contributed by atoms with Crippen LogP contribution in [0.4, 0.5) is 18.9 Å². The lowest BCUT2D eigenvalue weighted by Crippen LogP contribution is -2.50. The van der Waals surface area contributed by atoms with Gasteiger partial charge in [-0.25, -0.2) is 4.98 Å². The van der Waals surface area contributed by atoms with E-state index in [1.54, 1.807) is 19.2 Å². The monoisotopic (exact) mass is 472 g/mol. The molecular formula is C24H23F3N4O3. The molecule has 1 aliphatic rings. The first kappa shape index (κ1) is 23.6. The van der Waals surface area contributed by atoms with Gasteiger partial charge in [-0.1, -0.05) is 6.07 Å². The second-order valence-electron chi connectivity index (χ2n) is 8.01. The average molecular weight is 472 g/mol. The van der Waals surface area contributed by atoms with Crippen LogP contribution in [0.5, 0.6) is 5.75 Å². The topological polar surface area (TPSA) is 80.4 Å². The molecule has 4 rings (SSSR count). The van der Waals surface area contributed by atoms with Crippen LogP contribution >= 0.6 is 0 Å². The van der Waals surface area contributed by atoms with E-state index in [-0.39, 0.29) is 17.0 Å². The van der Waals surface area contributed by atoms with E-state index in [1.807, 2.05) is 17.9 Å². The van der Waals surface area contributed by atoms with Gasteiger partial charge in [0.1, 0.15) is 35.2 Å². The fourth-order valence-corrected chi connectivity index (χ4v) is 4.16. The normalized spacial score (nSPS) is 18.6. The van der Waals surface area contributed by atoms with Crippen molar-refractivity contribution in [1.82, 2.24) is 9.55 Å². The van der Waals surface area contributed by atoms with Crippen molar-refractivity contribution in [2.75, 3.05) is 24.6 Å². The maximum atomic E-state index is 13.1. The van der Waals surface area contributed by atoms with Gasteiger partial charge in [-0.2, -0.15) is 18.4 Å². The molecule has 2 unspecified atom stereocenters. The molecule has 10 heteroatoms. The Labute approximate surface area is 194 Å². The zero-order valence-electron chi connectivity index (χ0n) is 18.7. The summed E-state index contributed by atoms with van der Waals surface area (Å²) in [5.41, 5.74) is 0.935. The van der Waals surface area contributed by atoms with E-state index in [1.165, 1.54) is 22.8 Å². The van der Waals surface area contributed by atoms with Crippen molar-refractivity contribution in [2.24, 2.45) is 7.05 Å². The Balaban J connectivity index is 1.63. The van der Waals surface area contributed by atoms with Crippen molar-refractivity contribution in [3.63, 3.8) is 0 Å². The summed E-state index contributed by atoms with van der Waals surface area (Å²) in [5.74, 6) is 0.123. The number of anilines is 1. The lowest BCUT2D eigenvalue weighted by atomic mass is 10.0. The summed E-state index contributed by atoms with van der Waals surface area (Å²) < 4.78 is 52.5. The van der Waals surface area contributed by atoms with E-state index in [0.717, 1.165) is 12.1 Å². The highest BCUT2D eigenvalue weighted by Gasteiger charge is 2.34. The van der Waals surface area contributed by atoms with E-state index < -0.39 is 23.9 Å². The van der Waals surface area contributed by atoms with Gasteiger partial charge >= 0.3 is 6.18 Å². The largest absolute Gasteiger partial charge is 0.488 e. The van der Waals surface area contributed by atoms with Crippen LogP contribution in [-0.4, -0.2) is 41.5 Å². The van der Waals surface area contributed by atoms with E-state index in [2.05, 4.69) is 4.98 Å². The first-order chi connectivity index (χ1) is 16.2. The van der Waals surface area contributed by atoms with Gasteiger partial charge in [0, 0.05) is 39.2 Å².